The smallest absolute Gasteiger partial charge is 0.340 e. The number of carbonyl (C=O) groups excluding carboxylic acids is 4. The van der Waals surface area contributed by atoms with Crippen LogP contribution in [0.4, 0.5) is 22.7 Å². The van der Waals surface area contributed by atoms with Crippen LogP contribution in [0.3, 0.4) is 0 Å². The van der Waals surface area contributed by atoms with Gasteiger partial charge < -0.3 is 25.8 Å². The maximum atomic E-state index is 12.6. The second kappa shape index (κ2) is 16.4. The van der Waals surface area contributed by atoms with Crippen LogP contribution < -0.4 is 21.1 Å². The first-order valence-electron chi connectivity index (χ1n) is 14.0. The van der Waals surface area contributed by atoms with Crippen LogP contribution in [-0.4, -0.2) is 51.6 Å². The number of hydrogen-bond donors (Lipinski definition) is 4. The van der Waals surface area contributed by atoms with Crippen molar-refractivity contribution >= 4 is 56.5 Å². The van der Waals surface area contributed by atoms with E-state index in [1.54, 1.807) is 92.7 Å². The number of nitrogens with two attached hydrogens (primary N) is 1. The number of ether oxygens (including phenoxy) is 2. The second-order valence-corrected chi connectivity index (χ2v) is 11.2. The van der Waals surface area contributed by atoms with Crippen molar-refractivity contribution in [2.75, 3.05) is 40.6 Å². The van der Waals surface area contributed by atoms with Crippen LogP contribution in [0, 0.1) is 0 Å². The van der Waals surface area contributed by atoms with Gasteiger partial charge in [0.2, 0.25) is 10.0 Å². The highest BCUT2D eigenvalue weighted by Crippen LogP contribution is 2.22. The molecule has 0 spiro atoms. The number of esters is 2. The lowest BCUT2D eigenvalue weighted by molar-refractivity contribution is 0.0517. The zero-order valence-corrected chi connectivity index (χ0v) is 26.2. The summed E-state index contributed by atoms with van der Waals surface area (Å²) in [6.07, 6.45) is 0.998. The maximum Gasteiger partial charge on any atom is 0.340 e. The SMILES string of the molecule is CCOC(=O)c1ccccc1NC(=O)c1ccccc1N.CCOC(=O)c1ccccc1NC(=O)c1ccccc1NS(C)(=O)=O. The summed E-state index contributed by atoms with van der Waals surface area (Å²) in [6.45, 7) is 3.89. The summed E-state index contributed by atoms with van der Waals surface area (Å²) in [6, 6.07) is 26.0. The first kappa shape index (κ1) is 34.8. The average molecular weight is 647 g/mol. The molecule has 0 fully saturated rings. The van der Waals surface area contributed by atoms with Gasteiger partial charge in [0.1, 0.15) is 0 Å². The summed E-state index contributed by atoms with van der Waals surface area (Å²) in [7, 11) is -3.54. The van der Waals surface area contributed by atoms with Gasteiger partial charge in [0.05, 0.1) is 58.8 Å². The number of anilines is 4. The molecule has 4 rings (SSSR count). The predicted molar refractivity (Wildman–Crippen MR) is 176 cm³/mol. The largest absolute Gasteiger partial charge is 0.462 e. The molecule has 0 heterocycles. The minimum atomic E-state index is -3.54. The summed E-state index contributed by atoms with van der Waals surface area (Å²) in [5.41, 5.74) is 7.98. The van der Waals surface area contributed by atoms with Crippen molar-refractivity contribution in [3.8, 4) is 0 Å². The van der Waals surface area contributed by atoms with Crippen LogP contribution in [-0.2, 0) is 19.5 Å². The molecule has 13 heteroatoms. The van der Waals surface area contributed by atoms with Crippen molar-refractivity contribution < 1.29 is 37.1 Å². The Morgan fingerprint density at radius 3 is 1.39 bits per heavy atom. The molecule has 0 saturated heterocycles. The Hall–Kier alpha value is -5.69. The van der Waals surface area contributed by atoms with Crippen molar-refractivity contribution in [1.82, 2.24) is 0 Å². The van der Waals surface area contributed by atoms with E-state index in [0.29, 0.717) is 22.5 Å². The van der Waals surface area contributed by atoms with Crippen LogP contribution in [0.5, 0.6) is 0 Å². The van der Waals surface area contributed by atoms with Crippen molar-refractivity contribution in [3.63, 3.8) is 0 Å². The third-order valence-electron chi connectivity index (χ3n) is 6.01. The van der Waals surface area contributed by atoms with E-state index in [2.05, 4.69) is 15.4 Å². The van der Waals surface area contributed by atoms with E-state index in [4.69, 9.17) is 15.2 Å². The molecule has 0 saturated carbocycles. The quantitative estimate of drug-likeness (QED) is 0.133. The average Bonchev–Trinajstić information content (AvgIpc) is 3.02. The number of nitrogen functional groups attached to an aromatic ring is 1. The number of benzene rings is 4. The second-order valence-electron chi connectivity index (χ2n) is 9.45. The fourth-order valence-electron chi connectivity index (χ4n) is 4.01. The van der Waals surface area contributed by atoms with Gasteiger partial charge in [-0.3, -0.25) is 14.3 Å². The highest BCUT2D eigenvalue weighted by Gasteiger charge is 2.18. The molecular formula is C33H34N4O8S. The van der Waals surface area contributed by atoms with E-state index >= 15 is 0 Å². The lowest BCUT2D eigenvalue weighted by Crippen LogP contribution is -2.19. The van der Waals surface area contributed by atoms with E-state index in [1.165, 1.54) is 18.2 Å². The molecule has 12 nitrogen and oxygen atoms in total. The zero-order chi connectivity index (χ0) is 33.7. The molecular weight excluding hydrogens is 612 g/mol. The number of hydrogen-bond acceptors (Lipinski definition) is 9. The van der Waals surface area contributed by atoms with Gasteiger partial charge >= 0.3 is 11.9 Å². The number of rotatable bonds is 10. The monoisotopic (exact) mass is 646 g/mol. The van der Waals surface area contributed by atoms with Gasteiger partial charge in [-0.2, -0.15) is 0 Å². The molecule has 5 N–H and O–H groups in total. The number of carbonyl (C=O) groups is 4. The van der Waals surface area contributed by atoms with Crippen LogP contribution in [0.1, 0.15) is 55.3 Å². The Morgan fingerprint density at radius 2 is 0.957 bits per heavy atom. The summed E-state index contributed by atoms with van der Waals surface area (Å²) in [4.78, 5) is 48.6. The van der Waals surface area contributed by atoms with E-state index in [1.807, 2.05) is 0 Å². The van der Waals surface area contributed by atoms with Crippen LogP contribution in [0.15, 0.2) is 97.1 Å². The molecule has 0 aliphatic carbocycles. The molecule has 0 aromatic heterocycles. The summed E-state index contributed by atoms with van der Waals surface area (Å²) < 4.78 is 35.1. The standard InChI is InChI=1S/C17H18N2O5S.C16H16N2O3/c1-3-24-17(21)13-9-5-6-10-14(13)18-16(20)12-8-4-7-11-15(12)19-25(2,22)23;1-2-21-16(20)12-8-4-6-10-14(12)18-15(19)11-7-3-5-9-13(11)17/h4-11,19H,3H2,1-2H3,(H,18,20);3-10H,2,17H2,1H3,(H,18,19). The maximum absolute atomic E-state index is 12.6. The lowest BCUT2D eigenvalue weighted by Gasteiger charge is -2.13. The van der Waals surface area contributed by atoms with Gasteiger partial charge in [0, 0.05) is 5.69 Å². The molecule has 46 heavy (non-hydrogen) atoms. The van der Waals surface area contributed by atoms with E-state index in [0.717, 1.165) is 6.26 Å². The molecule has 0 atom stereocenters. The fourth-order valence-corrected chi connectivity index (χ4v) is 4.59. The molecule has 0 unspecified atom stereocenters. The third-order valence-corrected chi connectivity index (χ3v) is 6.60. The van der Waals surface area contributed by atoms with Gasteiger partial charge in [0.25, 0.3) is 11.8 Å². The number of nitrogens with one attached hydrogen (secondary N) is 3. The molecule has 0 aliphatic heterocycles. The molecule has 0 bridgehead atoms. The summed E-state index contributed by atoms with van der Waals surface area (Å²) in [5, 5.41) is 5.30. The molecule has 0 aliphatic rings. The zero-order valence-electron chi connectivity index (χ0n) is 25.4. The third kappa shape index (κ3) is 9.92. The minimum Gasteiger partial charge on any atom is -0.462 e. The fraction of sp³-hybridized carbons (Fsp3) is 0.152. The Labute approximate surface area is 267 Å². The van der Waals surface area contributed by atoms with Crippen LogP contribution >= 0.6 is 0 Å². The lowest BCUT2D eigenvalue weighted by atomic mass is 10.1. The molecule has 4 aromatic carbocycles. The topological polar surface area (TPSA) is 183 Å². The number of para-hydroxylation sites is 4. The van der Waals surface area contributed by atoms with Gasteiger partial charge in [0.15, 0.2) is 0 Å². The number of amides is 2. The van der Waals surface area contributed by atoms with E-state index in [-0.39, 0.29) is 41.6 Å². The Kier molecular flexibility index (Phi) is 12.4. The van der Waals surface area contributed by atoms with E-state index in [9.17, 15) is 27.6 Å². The summed E-state index contributed by atoms with van der Waals surface area (Å²) >= 11 is 0. The molecule has 0 radical (unpaired) electrons. The molecule has 2 amide bonds. The highest BCUT2D eigenvalue weighted by atomic mass is 32.2. The predicted octanol–water partition coefficient (Wildman–Crippen LogP) is 5.18. The highest BCUT2D eigenvalue weighted by molar-refractivity contribution is 7.92. The van der Waals surface area contributed by atoms with Crippen LogP contribution in [0.2, 0.25) is 0 Å². The normalized spacial score (nSPS) is 10.4. The van der Waals surface area contributed by atoms with Gasteiger partial charge in [-0.15, -0.1) is 0 Å². The van der Waals surface area contributed by atoms with Crippen molar-refractivity contribution in [2.24, 2.45) is 0 Å². The minimum absolute atomic E-state index is 0.131. The Morgan fingerprint density at radius 1 is 0.587 bits per heavy atom. The van der Waals surface area contributed by atoms with E-state index < -0.39 is 27.9 Å². The first-order chi connectivity index (χ1) is 21.9. The van der Waals surface area contributed by atoms with Crippen molar-refractivity contribution in [2.45, 2.75) is 13.8 Å². The van der Waals surface area contributed by atoms with Gasteiger partial charge in [-0.05, 0) is 62.4 Å². The van der Waals surface area contributed by atoms with Crippen LogP contribution in [0.25, 0.3) is 0 Å². The molecule has 240 valence electrons. The Bertz CT molecular complexity index is 1830. The first-order valence-corrected chi connectivity index (χ1v) is 15.9. The summed E-state index contributed by atoms with van der Waals surface area (Å²) in [5.74, 6) is -1.95. The van der Waals surface area contributed by atoms with Crippen molar-refractivity contribution in [1.29, 1.82) is 0 Å². The van der Waals surface area contributed by atoms with Crippen molar-refractivity contribution in [3.05, 3.63) is 119 Å². The van der Waals surface area contributed by atoms with Gasteiger partial charge in [-0.25, -0.2) is 18.0 Å². The number of sulfonamides is 1. The Balaban J connectivity index is 0.000000254. The van der Waals surface area contributed by atoms with Gasteiger partial charge in [-0.1, -0.05) is 48.5 Å². The molecule has 4 aromatic rings.